The molecule has 3 unspecified atom stereocenters. The molecule has 0 aromatic heterocycles. The highest BCUT2D eigenvalue weighted by Gasteiger charge is 2.44. The Bertz CT molecular complexity index is 235. The predicted molar refractivity (Wildman–Crippen MR) is 60.8 cm³/mol. The number of rotatable bonds is 1. The Morgan fingerprint density at radius 1 is 1.20 bits per heavy atom. The Balaban J connectivity index is 1.67. The van der Waals surface area contributed by atoms with Crippen LogP contribution in [0.15, 0.2) is 0 Å². The highest BCUT2D eigenvalue weighted by molar-refractivity contribution is 4.97. The van der Waals surface area contributed by atoms with Crippen LogP contribution in [0, 0.1) is 11.8 Å². The van der Waals surface area contributed by atoms with Crippen molar-refractivity contribution in [2.24, 2.45) is 11.8 Å². The highest BCUT2D eigenvalue weighted by atomic mass is 16.5. The average molecular weight is 209 g/mol. The van der Waals surface area contributed by atoms with Gasteiger partial charge >= 0.3 is 0 Å². The van der Waals surface area contributed by atoms with Gasteiger partial charge in [0.1, 0.15) is 0 Å². The minimum absolute atomic E-state index is 0.211. The molecular formula is C13H23NO. The van der Waals surface area contributed by atoms with Crippen molar-refractivity contribution in [3.05, 3.63) is 0 Å². The van der Waals surface area contributed by atoms with Crippen molar-refractivity contribution >= 4 is 0 Å². The van der Waals surface area contributed by atoms with E-state index in [1.807, 2.05) is 0 Å². The van der Waals surface area contributed by atoms with E-state index in [1.165, 1.54) is 38.5 Å². The molecule has 2 saturated carbocycles. The van der Waals surface area contributed by atoms with Gasteiger partial charge in [0.15, 0.2) is 0 Å². The Hall–Kier alpha value is -0.0800. The molecule has 0 bridgehead atoms. The molecule has 1 N–H and O–H groups in total. The van der Waals surface area contributed by atoms with Gasteiger partial charge < -0.3 is 10.1 Å². The maximum absolute atomic E-state index is 6.26. The molecule has 3 aliphatic rings. The SMILES string of the molecule is CC1CNCC2(CCCC(C3CC3)C2)O1. The van der Waals surface area contributed by atoms with Crippen LogP contribution in [-0.2, 0) is 4.74 Å². The first kappa shape index (κ1) is 10.1. The van der Waals surface area contributed by atoms with Gasteiger partial charge in [0, 0.05) is 13.1 Å². The van der Waals surface area contributed by atoms with Crippen LogP contribution < -0.4 is 5.32 Å². The minimum atomic E-state index is 0.211. The fourth-order valence-corrected chi connectivity index (χ4v) is 3.62. The molecule has 1 spiro atoms. The number of nitrogens with one attached hydrogen (secondary N) is 1. The molecule has 3 fully saturated rings. The summed E-state index contributed by atoms with van der Waals surface area (Å²) < 4.78 is 6.26. The van der Waals surface area contributed by atoms with Gasteiger partial charge in [-0.05, 0) is 50.9 Å². The maximum atomic E-state index is 6.26. The third kappa shape index (κ3) is 2.07. The third-order valence-electron chi connectivity index (χ3n) is 4.46. The number of hydrogen-bond acceptors (Lipinski definition) is 2. The van der Waals surface area contributed by atoms with E-state index in [0.717, 1.165) is 24.9 Å². The van der Waals surface area contributed by atoms with Crippen LogP contribution in [0.2, 0.25) is 0 Å². The molecule has 86 valence electrons. The van der Waals surface area contributed by atoms with Gasteiger partial charge in [-0.25, -0.2) is 0 Å². The standard InChI is InChI=1S/C13H23NO/c1-10-8-14-9-13(15-10)6-2-3-12(7-13)11-4-5-11/h10-12,14H,2-9H2,1H3. The van der Waals surface area contributed by atoms with Gasteiger partial charge in [0.2, 0.25) is 0 Å². The van der Waals surface area contributed by atoms with Crippen molar-refractivity contribution in [3.8, 4) is 0 Å². The Labute approximate surface area is 92.8 Å². The third-order valence-corrected chi connectivity index (χ3v) is 4.46. The van der Waals surface area contributed by atoms with Crippen LogP contribution in [0.1, 0.15) is 45.4 Å². The summed E-state index contributed by atoms with van der Waals surface area (Å²) in [6, 6.07) is 0. The average Bonchev–Trinajstić information content (AvgIpc) is 3.00. The quantitative estimate of drug-likeness (QED) is 0.715. The van der Waals surface area contributed by atoms with Crippen molar-refractivity contribution in [1.29, 1.82) is 0 Å². The predicted octanol–water partition coefficient (Wildman–Crippen LogP) is 2.33. The van der Waals surface area contributed by atoms with Crippen molar-refractivity contribution in [2.75, 3.05) is 13.1 Å². The van der Waals surface area contributed by atoms with Crippen LogP contribution in [0.4, 0.5) is 0 Å². The Morgan fingerprint density at radius 2 is 2.07 bits per heavy atom. The van der Waals surface area contributed by atoms with Gasteiger partial charge in [0.05, 0.1) is 11.7 Å². The van der Waals surface area contributed by atoms with Gasteiger partial charge in [-0.1, -0.05) is 6.42 Å². The van der Waals surface area contributed by atoms with Crippen LogP contribution in [-0.4, -0.2) is 24.8 Å². The zero-order chi connectivity index (χ0) is 10.3. The molecule has 0 aromatic carbocycles. The molecule has 0 aromatic rings. The summed E-state index contributed by atoms with van der Waals surface area (Å²) in [6.45, 7) is 4.34. The molecule has 0 radical (unpaired) electrons. The lowest BCUT2D eigenvalue weighted by Gasteiger charge is -2.46. The van der Waals surface area contributed by atoms with Gasteiger partial charge in [0.25, 0.3) is 0 Å². The first-order valence-electron chi connectivity index (χ1n) is 6.66. The first-order valence-corrected chi connectivity index (χ1v) is 6.66. The summed E-state index contributed by atoms with van der Waals surface area (Å²) in [5, 5.41) is 3.55. The summed E-state index contributed by atoms with van der Waals surface area (Å²) in [5.74, 6) is 2.04. The van der Waals surface area contributed by atoms with Gasteiger partial charge in [-0.15, -0.1) is 0 Å². The molecule has 1 saturated heterocycles. The largest absolute Gasteiger partial charge is 0.369 e. The van der Waals surface area contributed by atoms with E-state index in [-0.39, 0.29) is 5.60 Å². The van der Waals surface area contributed by atoms with Gasteiger partial charge in [-0.2, -0.15) is 0 Å². The first-order chi connectivity index (χ1) is 7.27. The Morgan fingerprint density at radius 3 is 2.80 bits per heavy atom. The lowest BCUT2D eigenvalue weighted by Crippen LogP contribution is -2.55. The second-order valence-electron chi connectivity index (χ2n) is 5.94. The number of morpholine rings is 1. The fourth-order valence-electron chi connectivity index (χ4n) is 3.62. The van der Waals surface area contributed by atoms with E-state index in [4.69, 9.17) is 4.74 Å². The van der Waals surface area contributed by atoms with Crippen molar-refractivity contribution in [2.45, 2.75) is 57.2 Å². The van der Waals surface area contributed by atoms with Gasteiger partial charge in [-0.3, -0.25) is 0 Å². The summed E-state index contributed by atoms with van der Waals surface area (Å²) >= 11 is 0. The lowest BCUT2D eigenvalue weighted by atomic mass is 9.75. The molecule has 2 aliphatic carbocycles. The zero-order valence-electron chi connectivity index (χ0n) is 9.80. The monoisotopic (exact) mass is 209 g/mol. The Kier molecular flexibility index (Phi) is 2.52. The number of ether oxygens (including phenoxy) is 1. The lowest BCUT2D eigenvalue weighted by molar-refractivity contribution is -0.137. The van der Waals surface area contributed by atoms with E-state index in [9.17, 15) is 0 Å². The van der Waals surface area contributed by atoms with Crippen LogP contribution in [0.5, 0.6) is 0 Å². The summed E-state index contributed by atoms with van der Waals surface area (Å²) in [6.07, 6.45) is 8.85. The normalized spacial score (nSPS) is 47.0. The van der Waals surface area contributed by atoms with Crippen molar-refractivity contribution in [1.82, 2.24) is 5.32 Å². The van der Waals surface area contributed by atoms with E-state index in [2.05, 4.69) is 12.2 Å². The molecule has 1 heterocycles. The molecular weight excluding hydrogens is 186 g/mol. The second-order valence-corrected chi connectivity index (χ2v) is 5.94. The minimum Gasteiger partial charge on any atom is -0.369 e. The summed E-state index contributed by atoms with van der Waals surface area (Å²) in [4.78, 5) is 0. The molecule has 2 heteroatoms. The van der Waals surface area contributed by atoms with Crippen LogP contribution in [0.25, 0.3) is 0 Å². The molecule has 1 aliphatic heterocycles. The molecule has 15 heavy (non-hydrogen) atoms. The topological polar surface area (TPSA) is 21.3 Å². The van der Waals surface area contributed by atoms with Crippen molar-refractivity contribution < 1.29 is 4.74 Å². The highest BCUT2D eigenvalue weighted by Crippen LogP contribution is 2.48. The van der Waals surface area contributed by atoms with E-state index >= 15 is 0 Å². The summed E-state index contributed by atoms with van der Waals surface area (Å²) in [7, 11) is 0. The maximum Gasteiger partial charge on any atom is 0.0813 e. The smallest absolute Gasteiger partial charge is 0.0813 e. The number of hydrogen-bond donors (Lipinski definition) is 1. The fraction of sp³-hybridized carbons (Fsp3) is 1.00. The zero-order valence-corrected chi connectivity index (χ0v) is 9.80. The second kappa shape index (κ2) is 3.74. The van der Waals surface area contributed by atoms with E-state index in [0.29, 0.717) is 6.10 Å². The van der Waals surface area contributed by atoms with E-state index < -0.39 is 0 Å². The molecule has 3 rings (SSSR count). The molecule has 2 nitrogen and oxygen atoms in total. The van der Waals surface area contributed by atoms with Crippen molar-refractivity contribution in [3.63, 3.8) is 0 Å². The van der Waals surface area contributed by atoms with Crippen LogP contribution in [0.3, 0.4) is 0 Å². The summed E-state index contributed by atoms with van der Waals surface area (Å²) in [5.41, 5.74) is 0.211. The van der Waals surface area contributed by atoms with E-state index in [1.54, 1.807) is 0 Å². The molecule has 3 atom stereocenters. The molecule has 0 amide bonds. The van der Waals surface area contributed by atoms with Crippen LogP contribution >= 0.6 is 0 Å².